The highest BCUT2D eigenvalue weighted by molar-refractivity contribution is 7.09. The maximum atomic E-state index is 11.8. The van der Waals surface area contributed by atoms with E-state index in [1.54, 1.807) is 0 Å². The summed E-state index contributed by atoms with van der Waals surface area (Å²) in [5, 5.41) is 10.3. The highest BCUT2D eigenvalue weighted by atomic mass is 35.5. The molecule has 1 unspecified atom stereocenters. The van der Waals surface area contributed by atoms with Gasteiger partial charge >= 0.3 is 0 Å². The molecule has 1 amide bonds. The zero-order valence-electron chi connectivity index (χ0n) is 7.85. The Kier molecular flexibility index (Phi) is 2.72. The van der Waals surface area contributed by atoms with Gasteiger partial charge in [0.15, 0.2) is 6.23 Å². The average Bonchev–Trinajstić information content (AvgIpc) is 2.77. The SMILES string of the molecule is CCC1=C(Cl)C(O)N(c2ncns2)C1=O. The molecule has 2 rings (SSSR count). The number of rotatable bonds is 2. The van der Waals surface area contributed by atoms with Crippen molar-refractivity contribution in [2.75, 3.05) is 4.90 Å². The first-order chi connectivity index (χ1) is 7.16. The van der Waals surface area contributed by atoms with E-state index in [0.29, 0.717) is 17.1 Å². The van der Waals surface area contributed by atoms with Crippen LogP contribution in [-0.2, 0) is 4.79 Å². The Balaban J connectivity index is 2.37. The van der Waals surface area contributed by atoms with Crippen LogP contribution < -0.4 is 4.90 Å². The molecule has 0 aromatic carbocycles. The third-order valence-corrected chi connectivity index (χ3v) is 3.23. The van der Waals surface area contributed by atoms with Crippen LogP contribution in [0.25, 0.3) is 0 Å². The van der Waals surface area contributed by atoms with Crippen LogP contribution in [0.15, 0.2) is 16.9 Å². The van der Waals surface area contributed by atoms with Crippen LogP contribution in [-0.4, -0.2) is 26.6 Å². The number of anilines is 1. The maximum Gasteiger partial charge on any atom is 0.259 e. The molecule has 0 spiro atoms. The lowest BCUT2D eigenvalue weighted by molar-refractivity contribution is -0.115. The van der Waals surface area contributed by atoms with Gasteiger partial charge in [-0.15, -0.1) is 0 Å². The summed E-state index contributed by atoms with van der Waals surface area (Å²) in [6.45, 7) is 1.81. The number of nitrogens with zero attached hydrogens (tertiary/aromatic N) is 3. The summed E-state index contributed by atoms with van der Waals surface area (Å²) in [6, 6.07) is 0. The molecule has 1 atom stereocenters. The molecule has 15 heavy (non-hydrogen) atoms. The van der Waals surface area contributed by atoms with Crippen LogP contribution in [0.5, 0.6) is 0 Å². The summed E-state index contributed by atoms with van der Waals surface area (Å²) < 4.78 is 3.78. The van der Waals surface area contributed by atoms with Gasteiger partial charge in [-0.1, -0.05) is 18.5 Å². The Labute approximate surface area is 95.2 Å². The fourth-order valence-corrected chi connectivity index (χ4v) is 2.28. The standard InChI is InChI=1S/C8H8ClN3O2S/c1-2-4-5(9)7(14)12(6(4)13)8-10-3-11-15-8/h3,7,14H,2H2,1H3. The normalized spacial score (nSPS) is 21.7. The molecule has 80 valence electrons. The minimum Gasteiger partial charge on any atom is -0.368 e. The number of carbonyl (C=O) groups is 1. The Bertz CT molecular complexity index is 418. The molecule has 0 saturated carbocycles. The lowest BCUT2D eigenvalue weighted by atomic mass is 10.2. The van der Waals surface area contributed by atoms with Gasteiger partial charge in [-0.3, -0.25) is 9.69 Å². The van der Waals surface area contributed by atoms with Crippen molar-refractivity contribution in [2.24, 2.45) is 0 Å². The van der Waals surface area contributed by atoms with E-state index in [1.807, 2.05) is 6.92 Å². The van der Waals surface area contributed by atoms with Crippen LogP contribution in [0.2, 0.25) is 0 Å². The molecule has 2 heterocycles. The van der Waals surface area contributed by atoms with Crippen molar-refractivity contribution in [1.82, 2.24) is 9.36 Å². The van der Waals surface area contributed by atoms with Gasteiger partial charge in [0, 0.05) is 17.1 Å². The number of aromatic nitrogens is 2. The maximum absolute atomic E-state index is 11.8. The van der Waals surface area contributed by atoms with Crippen molar-refractivity contribution in [1.29, 1.82) is 0 Å². The molecule has 7 heteroatoms. The van der Waals surface area contributed by atoms with E-state index >= 15 is 0 Å². The molecule has 5 nitrogen and oxygen atoms in total. The van der Waals surface area contributed by atoms with E-state index in [4.69, 9.17) is 11.6 Å². The van der Waals surface area contributed by atoms with Crippen LogP contribution in [0.3, 0.4) is 0 Å². The van der Waals surface area contributed by atoms with Crippen molar-refractivity contribution in [3.05, 3.63) is 16.9 Å². The van der Waals surface area contributed by atoms with E-state index in [9.17, 15) is 9.90 Å². The Morgan fingerprint density at radius 2 is 2.47 bits per heavy atom. The Morgan fingerprint density at radius 1 is 1.73 bits per heavy atom. The second-order valence-corrected chi connectivity index (χ2v) is 4.12. The van der Waals surface area contributed by atoms with Crippen LogP contribution in [0, 0.1) is 0 Å². The summed E-state index contributed by atoms with van der Waals surface area (Å²) in [4.78, 5) is 16.8. The monoisotopic (exact) mass is 245 g/mol. The third kappa shape index (κ3) is 1.54. The van der Waals surface area contributed by atoms with Gasteiger partial charge in [-0.2, -0.15) is 4.37 Å². The number of amides is 1. The quantitative estimate of drug-likeness (QED) is 0.848. The predicted molar refractivity (Wildman–Crippen MR) is 56.6 cm³/mol. The molecule has 1 aromatic rings. The van der Waals surface area contributed by atoms with Crippen molar-refractivity contribution < 1.29 is 9.90 Å². The minimum atomic E-state index is -1.12. The Morgan fingerprint density at radius 3 is 2.93 bits per heavy atom. The summed E-state index contributed by atoms with van der Waals surface area (Å²) in [6.07, 6.45) is 0.698. The van der Waals surface area contributed by atoms with Crippen molar-refractivity contribution in [3.8, 4) is 0 Å². The molecule has 0 radical (unpaired) electrons. The zero-order chi connectivity index (χ0) is 11.0. The topological polar surface area (TPSA) is 66.3 Å². The second kappa shape index (κ2) is 3.88. The number of aliphatic hydroxyl groups is 1. The van der Waals surface area contributed by atoms with Crippen LogP contribution >= 0.6 is 23.1 Å². The van der Waals surface area contributed by atoms with E-state index in [1.165, 1.54) is 6.33 Å². The summed E-state index contributed by atoms with van der Waals surface area (Å²) in [5.41, 5.74) is 0.430. The van der Waals surface area contributed by atoms with Gasteiger partial charge in [0.05, 0.1) is 5.03 Å². The summed E-state index contributed by atoms with van der Waals surface area (Å²) >= 11 is 6.90. The highest BCUT2D eigenvalue weighted by Crippen LogP contribution is 2.33. The van der Waals surface area contributed by atoms with Gasteiger partial charge in [0.1, 0.15) is 6.33 Å². The molecule has 1 aromatic heterocycles. The first-order valence-corrected chi connectivity index (χ1v) is 5.48. The lowest BCUT2D eigenvalue weighted by Crippen LogP contribution is -2.34. The number of hydrogen-bond donors (Lipinski definition) is 1. The number of hydrogen-bond acceptors (Lipinski definition) is 5. The largest absolute Gasteiger partial charge is 0.368 e. The summed E-state index contributed by atoms with van der Waals surface area (Å²) in [5.74, 6) is -0.299. The van der Waals surface area contributed by atoms with Crippen molar-refractivity contribution in [3.63, 3.8) is 0 Å². The minimum absolute atomic E-state index is 0.178. The summed E-state index contributed by atoms with van der Waals surface area (Å²) in [7, 11) is 0. The van der Waals surface area contributed by atoms with Gasteiger partial charge in [0.2, 0.25) is 5.13 Å². The average molecular weight is 246 g/mol. The molecule has 1 aliphatic rings. The molecule has 0 aliphatic carbocycles. The van der Waals surface area contributed by atoms with E-state index in [0.717, 1.165) is 16.4 Å². The van der Waals surface area contributed by atoms with Crippen molar-refractivity contribution in [2.45, 2.75) is 19.6 Å². The molecule has 0 bridgehead atoms. The van der Waals surface area contributed by atoms with E-state index in [-0.39, 0.29) is 10.9 Å². The highest BCUT2D eigenvalue weighted by Gasteiger charge is 2.38. The zero-order valence-corrected chi connectivity index (χ0v) is 9.42. The number of aliphatic hydroxyl groups excluding tert-OH is 1. The first kappa shape index (κ1) is 10.5. The fourth-order valence-electron chi connectivity index (χ4n) is 1.41. The molecule has 0 fully saturated rings. The van der Waals surface area contributed by atoms with E-state index in [2.05, 4.69) is 9.36 Å². The van der Waals surface area contributed by atoms with Gasteiger partial charge in [-0.25, -0.2) is 4.98 Å². The number of carbonyl (C=O) groups excluding carboxylic acids is 1. The fraction of sp³-hybridized carbons (Fsp3) is 0.375. The molecule has 0 saturated heterocycles. The van der Waals surface area contributed by atoms with Gasteiger partial charge in [-0.05, 0) is 6.42 Å². The molecule has 1 aliphatic heterocycles. The molecular formula is C8H8ClN3O2S. The van der Waals surface area contributed by atoms with Gasteiger partial charge in [0.25, 0.3) is 5.91 Å². The Hall–Kier alpha value is -0.980. The lowest BCUT2D eigenvalue weighted by Gasteiger charge is -2.16. The second-order valence-electron chi connectivity index (χ2n) is 2.95. The smallest absolute Gasteiger partial charge is 0.259 e. The molecule has 1 N–H and O–H groups in total. The first-order valence-electron chi connectivity index (χ1n) is 4.33. The van der Waals surface area contributed by atoms with Crippen molar-refractivity contribution >= 4 is 34.2 Å². The van der Waals surface area contributed by atoms with Crippen LogP contribution in [0.1, 0.15) is 13.3 Å². The molecular weight excluding hydrogens is 238 g/mol. The third-order valence-electron chi connectivity index (χ3n) is 2.15. The van der Waals surface area contributed by atoms with Crippen LogP contribution in [0.4, 0.5) is 5.13 Å². The number of halogens is 1. The van der Waals surface area contributed by atoms with Gasteiger partial charge < -0.3 is 5.11 Å². The predicted octanol–water partition coefficient (Wildman–Crippen LogP) is 1.11. The van der Waals surface area contributed by atoms with E-state index < -0.39 is 6.23 Å².